The summed E-state index contributed by atoms with van der Waals surface area (Å²) in [5.41, 5.74) is -0.623. The van der Waals surface area contributed by atoms with Gasteiger partial charge in [0.1, 0.15) is 22.0 Å². The molecule has 3 aliphatic rings. The maximum Gasteiger partial charge on any atom is 0.273 e. The van der Waals surface area contributed by atoms with Crippen molar-refractivity contribution in [3.05, 3.63) is 79.8 Å². The Balaban J connectivity index is 1.60. The number of fused-ring (bicyclic) bond motifs is 5. The van der Waals surface area contributed by atoms with E-state index in [9.17, 15) is 29.3 Å². The molecule has 16 heteroatoms. The smallest absolute Gasteiger partial charge is 0.273 e. The third-order valence-corrected chi connectivity index (χ3v) is 11.6. The number of non-ortho nitro benzene ring substituents is 1. The van der Waals surface area contributed by atoms with Crippen LogP contribution >= 0.6 is 69.6 Å². The summed E-state index contributed by atoms with van der Waals surface area (Å²) < 4.78 is 2.88. The molecule has 10 nitrogen and oxygen atoms in total. The number of Topliss-reactive ketones (excluding diaryl/α,β-unsaturated/α-hetero) is 1. The Morgan fingerprint density at radius 2 is 1.49 bits per heavy atom. The van der Waals surface area contributed by atoms with Crippen LogP contribution in [0.15, 0.2) is 58.6 Å². The summed E-state index contributed by atoms with van der Waals surface area (Å²) >= 11 is 39.2. The van der Waals surface area contributed by atoms with Crippen LogP contribution in [0.25, 0.3) is 0 Å². The molecule has 41 heavy (non-hydrogen) atoms. The summed E-state index contributed by atoms with van der Waals surface area (Å²) in [5.74, 6) is -6.62. The molecule has 1 saturated heterocycles. The summed E-state index contributed by atoms with van der Waals surface area (Å²) in [6, 6.07) is 10.4. The molecule has 2 aliphatic carbocycles. The van der Waals surface area contributed by atoms with Crippen LogP contribution in [-0.2, 0) is 9.59 Å². The fourth-order valence-electron chi connectivity index (χ4n) is 5.36. The molecule has 0 aromatic heterocycles. The topological polar surface area (TPSA) is 127 Å². The van der Waals surface area contributed by atoms with E-state index in [1.54, 1.807) is 0 Å². The molecule has 1 aliphatic heterocycles. The third kappa shape index (κ3) is 3.92. The van der Waals surface area contributed by atoms with Crippen LogP contribution in [0.5, 0.6) is 5.75 Å². The number of ketones is 1. The lowest BCUT2D eigenvalue weighted by Gasteiger charge is -2.36. The lowest BCUT2D eigenvalue weighted by molar-refractivity contribution is -0.384. The van der Waals surface area contributed by atoms with Gasteiger partial charge in [-0.25, -0.2) is 5.01 Å². The standard InChI is InChI=1S/C25H15Cl6N3O7/c1-41-14-7-5-11(6-8-14)15(35)10-32(20(36)12-3-2-4-13(9-12)34(39)40)33-21(37)16-17(22(33)38)24(29)19(27)18(26)23(16,28)25(24,30)31/h2-9,16-17H,10H2,1H3/t16-,17-,23+,24+/m0/s1. The van der Waals surface area contributed by atoms with Gasteiger partial charge in [-0.2, -0.15) is 5.01 Å². The average molecular weight is 682 g/mol. The number of carbonyl (C=O) groups excluding carboxylic acids is 4. The number of halogens is 6. The fraction of sp³-hybridized carbons (Fsp3) is 0.280. The van der Waals surface area contributed by atoms with Gasteiger partial charge in [0.05, 0.1) is 33.9 Å². The van der Waals surface area contributed by atoms with Crippen LogP contribution < -0.4 is 4.74 Å². The number of hydrazine groups is 1. The zero-order valence-electron chi connectivity index (χ0n) is 20.4. The number of carbonyl (C=O) groups is 4. The van der Waals surface area contributed by atoms with Crippen LogP contribution in [0.4, 0.5) is 5.69 Å². The third-order valence-electron chi connectivity index (χ3n) is 7.37. The molecule has 4 atom stereocenters. The lowest BCUT2D eigenvalue weighted by atomic mass is 9.84. The quantitative estimate of drug-likeness (QED) is 0.128. The number of amides is 3. The van der Waals surface area contributed by atoms with Gasteiger partial charge in [-0.15, -0.1) is 23.2 Å². The average Bonchev–Trinajstić information content (AvgIpc) is 3.34. The summed E-state index contributed by atoms with van der Waals surface area (Å²) in [5, 5.41) is 11.7. The Morgan fingerprint density at radius 3 is 1.98 bits per heavy atom. The van der Waals surface area contributed by atoms with Crippen molar-refractivity contribution >= 4 is 98.8 Å². The molecule has 1 saturated carbocycles. The van der Waals surface area contributed by atoms with Gasteiger partial charge < -0.3 is 4.74 Å². The van der Waals surface area contributed by atoms with E-state index >= 15 is 0 Å². The van der Waals surface area contributed by atoms with E-state index in [0.29, 0.717) is 15.8 Å². The predicted octanol–water partition coefficient (Wildman–Crippen LogP) is 5.29. The zero-order chi connectivity index (χ0) is 30.2. The first-order valence-electron chi connectivity index (χ1n) is 11.6. The van der Waals surface area contributed by atoms with Crippen LogP contribution in [-0.4, -0.2) is 66.2 Å². The summed E-state index contributed by atoms with van der Waals surface area (Å²) in [4.78, 5) is 61.2. The van der Waals surface area contributed by atoms with E-state index in [2.05, 4.69) is 0 Å². The lowest BCUT2D eigenvalue weighted by Crippen LogP contribution is -2.56. The molecule has 0 radical (unpaired) electrons. The van der Waals surface area contributed by atoms with Crippen molar-refractivity contribution < 1.29 is 28.8 Å². The van der Waals surface area contributed by atoms with Gasteiger partial charge in [-0.1, -0.05) is 52.5 Å². The number of hydrogen-bond donors (Lipinski definition) is 0. The minimum Gasteiger partial charge on any atom is -0.497 e. The second kappa shape index (κ2) is 10.00. The van der Waals surface area contributed by atoms with Crippen molar-refractivity contribution in [3.8, 4) is 5.75 Å². The van der Waals surface area contributed by atoms with E-state index in [4.69, 9.17) is 74.3 Å². The number of nitro benzene ring substituents is 1. The number of hydrogen-bond acceptors (Lipinski definition) is 7. The van der Waals surface area contributed by atoms with Gasteiger partial charge in [0.2, 0.25) is 0 Å². The van der Waals surface area contributed by atoms with E-state index in [1.807, 2.05) is 0 Å². The summed E-state index contributed by atoms with van der Waals surface area (Å²) in [7, 11) is 1.43. The van der Waals surface area contributed by atoms with Crippen molar-refractivity contribution in [1.29, 1.82) is 0 Å². The fourth-order valence-corrected chi connectivity index (χ4v) is 8.29. The van der Waals surface area contributed by atoms with Crippen molar-refractivity contribution in [2.75, 3.05) is 13.7 Å². The van der Waals surface area contributed by atoms with Gasteiger partial charge in [-0.05, 0) is 30.3 Å². The molecule has 2 aromatic carbocycles. The maximum atomic E-state index is 13.9. The number of nitro groups is 1. The normalized spacial score (nSPS) is 27.7. The molecule has 3 amide bonds. The highest BCUT2D eigenvalue weighted by Crippen LogP contribution is 2.77. The Bertz CT molecular complexity index is 1540. The number of benzene rings is 2. The highest BCUT2D eigenvalue weighted by molar-refractivity contribution is 6.66. The van der Waals surface area contributed by atoms with Crippen molar-refractivity contribution in [2.24, 2.45) is 11.8 Å². The molecule has 0 spiro atoms. The molecule has 5 rings (SSSR count). The van der Waals surface area contributed by atoms with Crippen molar-refractivity contribution in [2.45, 2.75) is 14.1 Å². The summed E-state index contributed by atoms with van der Waals surface area (Å²) in [6.45, 7) is -0.836. The van der Waals surface area contributed by atoms with Crippen LogP contribution in [0, 0.1) is 22.0 Å². The number of methoxy groups -OCH3 is 1. The first kappa shape index (κ1) is 29.9. The molecular formula is C25H15Cl6N3O7. The van der Waals surface area contributed by atoms with Crippen molar-refractivity contribution in [3.63, 3.8) is 0 Å². The second-order valence-corrected chi connectivity index (χ2v) is 12.7. The van der Waals surface area contributed by atoms with E-state index < -0.39 is 66.6 Å². The summed E-state index contributed by atoms with van der Waals surface area (Å²) in [6.07, 6.45) is 0. The zero-order valence-corrected chi connectivity index (χ0v) is 25.0. The van der Waals surface area contributed by atoms with Gasteiger partial charge in [0, 0.05) is 23.3 Å². The van der Waals surface area contributed by atoms with Crippen LogP contribution in [0.3, 0.4) is 0 Å². The second-order valence-electron chi connectivity index (χ2n) is 9.39. The molecule has 0 N–H and O–H groups in total. The first-order chi connectivity index (χ1) is 19.1. The highest BCUT2D eigenvalue weighted by Gasteiger charge is 2.88. The highest BCUT2D eigenvalue weighted by atomic mass is 35.5. The first-order valence-corrected chi connectivity index (χ1v) is 13.8. The predicted molar refractivity (Wildman–Crippen MR) is 151 cm³/mol. The minimum atomic E-state index is -2.21. The maximum absolute atomic E-state index is 13.9. The van der Waals surface area contributed by atoms with Gasteiger partial charge >= 0.3 is 0 Å². The molecule has 1 heterocycles. The Labute approximate surface area is 261 Å². The van der Waals surface area contributed by atoms with Crippen molar-refractivity contribution in [1.82, 2.24) is 10.0 Å². The number of nitrogens with zero attached hydrogens (tertiary/aromatic N) is 3. The number of ether oxygens (including phenoxy) is 1. The van der Waals surface area contributed by atoms with E-state index in [0.717, 1.165) is 12.1 Å². The molecule has 2 aromatic rings. The van der Waals surface area contributed by atoms with Gasteiger partial charge in [0.15, 0.2) is 10.1 Å². The monoisotopic (exact) mass is 679 g/mol. The SMILES string of the molecule is COc1ccc(C(=O)CN(C(=O)c2cccc([N+](=O)[O-])c2)N2C(=O)[C@@H]3[C@@H](C2=O)[C@@]2(Cl)C(Cl)=C(Cl)[C@@]3(Cl)C2(Cl)Cl)cc1. The molecular weight excluding hydrogens is 667 g/mol. The van der Waals surface area contributed by atoms with Gasteiger partial charge in [0.25, 0.3) is 23.4 Å². The van der Waals surface area contributed by atoms with E-state index in [1.165, 1.54) is 43.5 Å². The van der Waals surface area contributed by atoms with Gasteiger partial charge in [-0.3, -0.25) is 29.3 Å². The molecule has 0 unspecified atom stereocenters. The molecule has 2 fully saturated rings. The molecule has 2 bridgehead atoms. The molecule has 214 valence electrons. The minimum absolute atomic E-state index is 0.109. The Hall–Kier alpha value is -2.60. The number of allylic oxidation sites excluding steroid dienone is 2. The van der Waals surface area contributed by atoms with Crippen LogP contribution in [0.2, 0.25) is 0 Å². The number of alkyl halides is 4. The Kier molecular flexibility index (Phi) is 7.29. The van der Waals surface area contributed by atoms with E-state index in [-0.39, 0.29) is 21.2 Å². The largest absolute Gasteiger partial charge is 0.497 e. The number of imide groups is 1. The number of rotatable bonds is 7. The Morgan fingerprint density at radius 1 is 0.951 bits per heavy atom. The van der Waals surface area contributed by atoms with Crippen LogP contribution in [0.1, 0.15) is 20.7 Å².